The van der Waals surface area contributed by atoms with E-state index in [0.717, 1.165) is 51.3 Å². The molecule has 118 valence electrons. The molecule has 0 spiro atoms. The Morgan fingerprint density at radius 1 is 1.24 bits per heavy atom. The molecule has 4 heteroatoms. The Balaban J connectivity index is 1.64. The van der Waals surface area contributed by atoms with E-state index in [-0.39, 0.29) is 0 Å². The van der Waals surface area contributed by atoms with Crippen molar-refractivity contribution in [3.63, 3.8) is 0 Å². The lowest BCUT2D eigenvalue weighted by molar-refractivity contribution is -0.0388. The first-order chi connectivity index (χ1) is 10.4. The highest BCUT2D eigenvalue weighted by molar-refractivity contribution is 5.28. The summed E-state index contributed by atoms with van der Waals surface area (Å²) in [6.07, 6.45) is 3.49. The van der Waals surface area contributed by atoms with Gasteiger partial charge in [0.05, 0.1) is 12.7 Å². The lowest BCUT2D eigenvalue weighted by atomic mass is 10.2. The minimum atomic E-state index is 0.340. The first-order valence-electron chi connectivity index (χ1n) is 8.00. The lowest BCUT2D eigenvalue weighted by Crippen LogP contribution is -2.25. The predicted octanol–water partition coefficient (Wildman–Crippen LogP) is 2.76. The number of ether oxygens (including phenoxy) is 3. The molecule has 0 bridgehead atoms. The Morgan fingerprint density at radius 2 is 2.10 bits per heavy atom. The van der Waals surface area contributed by atoms with Gasteiger partial charge in [0.25, 0.3) is 0 Å². The summed E-state index contributed by atoms with van der Waals surface area (Å²) in [7, 11) is 0. The Bertz CT molecular complexity index is 391. The van der Waals surface area contributed by atoms with E-state index in [2.05, 4.69) is 24.4 Å². The zero-order valence-corrected chi connectivity index (χ0v) is 13.0. The van der Waals surface area contributed by atoms with E-state index in [1.54, 1.807) is 0 Å². The largest absolute Gasteiger partial charge is 0.491 e. The third-order valence-corrected chi connectivity index (χ3v) is 3.53. The third kappa shape index (κ3) is 6.46. The molecule has 1 aromatic carbocycles. The van der Waals surface area contributed by atoms with Crippen molar-refractivity contribution in [3.8, 4) is 5.75 Å². The molecule has 0 radical (unpaired) electrons. The molecule has 2 rings (SSSR count). The topological polar surface area (TPSA) is 39.7 Å². The minimum absolute atomic E-state index is 0.340. The number of nitrogens with one attached hydrogen (secondary N) is 1. The van der Waals surface area contributed by atoms with Crippen molar-refractivity contribution in [3.05, 3.63) is 29.8 Å². The van der Waals surface area contributed by atoms with Gasteiger partial charge in [0.1, 0.15) is 12.4 Å². The van der Waals surface area contributed by atoms with Crippen LogP contribution in [-0.2, 0) is 16.0 Å². The Hall–Kier alpha value is -1.10. The molecule has 0 unspecified atom stereocenters. The van der Waals surface area contributed by atoms with E-state index >= 15 is 0 Å². The van der Waals surface area contributed by atoms with Crippen LogP contribution in [0.2, 0.25) is 0 Å². The molecule has 1 aliphatic heterocycles. The first-order valence-corrected chi connectivity index (χ1v) is 8.00. The van der Waals surface area contributed by atoms with Crippen LogP contribution in [0, 0.1) is 0 Å². The second-order valence-corrected chi connectivity index (χ2v) is 5.36. The summed E-state index contributed by atoms with van der Waals surface area (Å²) in [6.45, 7) is 6.99. The molecule has 21 heavy (non-hydrogen) atoms. The summed E-state index contributed by atoms with van der Waals surface area (Å²) in [5, 5.41) is 3.40. The SMILES string of the molecule is CCCNCc1cccc(OCCOC2CCOCC2)c1. The minimum Gasteiger partial charge on any atom is -0.491 e. The maximum absolute atomic E-state index is 5.80. The van der Waals surface area contributed by atoms with Gasteiger partial charge in [-0.25, -0.2) is 0 Å². The van der Waals surface area contributed by atoms with Crippen LogP contribution in [0.1, 0.15) is 31.7 Å². The van der Waals surface area contributed by atoms with Crippen LogP contribution in [0.5, 0.6) is 5.75 Å². The van der Waals surface area contributed by atoms with E-state index in [4.69, 9.17) is 14.2 Å². The maximum atomic E-state index is 5.80. The second-order valence-electron chi connectivity index (χ2n) is 5.36. The molecule has 4 nitrogen and oxygen atoms in total. The zero-order chi connectivity index (χ0) is 14.8. The molecular weight excluding hydrogens is 266 g/mol. The van der Waals surface area contributed by atoms with Crippen molar-refractivity contribution in [1.82, 2.24) is 5.32 Å². The number of hydrogen-bond donors (Lipinski definition) is 1. The molecular formula is C17H27NO3. The van der Waals surface area contributed by atoms with E-state index in [0.29, 0.717) is 19.3 Å². The third-order valence-electron chi connectivity index (χ3n) is 3.53. The van der Waals surface area contributed by atoms with Crippen LogP contribution in [0.25, 0.3) is 0 Å². The molecule has 1 fully saturated rings. The fourth-order valence-corrected chi connectivity index (χ4v) is 2.37. The highest BCUT2D eigenvalue weighted by Crippen LogP contribution is 2.14. The molecule has 1 aliphatic rings. The fourth-order valence-electron chi connectivity index (χ4n) is 2.37. The average molecular weight is 293 g/mol. The van der Waals surface area contributed by atoms with Gasteiger partial charge in [-0.05, 0) is 43.5 Å². The molecule has 0 atom stereocenters. The summed E-state index contributed by atoms with van der Waals surface area (Å²) in [5.74, 6) is 0.918. The first kappa shape index (κ1) is 16.3. The van der Waals surface area contributed by atoms with E-state index < -0.39 is 0 Å². The van der Waals surface area contributed by atoms with Crippen LogP contribution < -0.4 is 10.1 Å². The van der Waals surface area contributed by atoms with Crippen LogP contribution in [-0.4, -0.2) is 39.1 Å². The lowest BCUT2D eigenvalue weighted by Gasteiger charge is -2.22. The molecule has 1 saturated heterocycles. The highest BCUT2D eigenvalue weighted by Gasteiger charge is 2.13. The van der Waals surface area contributed by atoms with Crippen molar-refractivity contribution >= 4 is 0 Å². The molecule has 1 heterocycles. The van der Waals surface area contributed by atoms with E-state index in [1.807, 2.05) is 12.1 Å². The highest BCUT2D eigenvalue weighted by atomic mass is 16.5. The summed E-state index contributed by atoms with van der Waals surface area (Å²) in [5.41, 5.74) is 1.26. The van der Waals surface area contributed by atoms with Gasteiger partial charge in [0.2, 0.25) is 0 Å². The summed E-state index contributed by atoms with van der Waals surface area (Å²) in [4.78, 5) is 0. The van der Waals surface area contributed by atoms with Crippen molar-refractivity contribution in [1.29, 1.82) is 0 Å². The monoisotopic (exact) mass is 293 g/mol. The van der Waals surface area contributed by atoms with Crippen LogP contribution in [0.15, 0.2) is 24.3 Å². The second kappa shape index (κ2) is 9.77. The normalized spacial score (nSPS) is 16.0. The summed E-state index contributed by atoms with van der Waals surface area (Å²) < 4.78 is 16.9. The van der Waals surface area contributed by atoms with E-state index in [1.165, 1.54) is 5.56 Å². The van der Waals surface area contributed by atoms with Gasteiger partial charge in [0, 0.05) is 19.8 Å². The van der Waals surface area contributed by atoms with Crippen LogP contribution in [0.4, 0.5) is 0 Å². The number of rotatable bonds is 9. The quantitative estimate of drug-likeness (QED) is 0.711. The molecule has 1 aromatic rings. The van der Waals surface area contributed by atoms with Crippen molar-refractivity contribution < 1.29 is 14.2 Å². The van der Waals surface area contributed by atoms with Crippen LogP contribution >= 0.6 is 0 Å². The molecule has 0 aliphatic carbocycles. The van der Waals surface area contributed by atoms with Gasteiger partial charge in [-0.2, -0.15) is 0 Å². The van der Waals surface area contributed by atoms with Crippen molar-refractivity contribution in [2.75, 3.05) is 33.0 Å². The van der Waals surface area contributed by atoms with Gasteiger partial charge < -0.3 is 19.5 Å². The Kier molecular flexibility index (Phi) is 7.57. The predicted molar refractivity (Wildman–Crippen MR) is 83.7 cm³/mol. The maximum Gasteiger partial charge on any atom is 0.119 e. The van der Waals surface area contributed by atoms with Gasteiger partial charge >= 0.3 is 0 Å². The van der Waals surface area contributed by atoms with Crippen molar-refractivity contribution in [2.24, 2.45) is 0 Å². The van der Waals surface area contributed by atoms with Gasteiger partial charge in [-0.1, -0.05) is 19.1 Å². The Morgan fingerprint density at radius 3 is 2.90 bits per heavy atom. The molecule has 1 N–H and O–H groups in total. The fraction of sp³-hybridized carbons (Fsp3) is 0.647. The zero-order valence-electron chi connectivity index (χ0n) is 13.0. The summed E-state index contributed by atoms with van der Waals surface area (Å²) >= 11 is 0. The standard InChI is InChI=1S/C17H27NO3/c1-2-8-18-14-15-4-3-5-17(13-15)21-12-11-20-16-6-9-19-10-7-16/h3-5,13,16,18H,2,6-12,14H2,1H3. The molecule has 0 aromatic heterocycles. The van der Waals surface area contributed by atoms with Gasteiger partial charge in [0.15, 0.2) is 0 Å². The van der Waals surface area contributed by atoms with Crippen molar-refractivity contribution in [2.45, 2.75) is 38.8 Å². The molecule has 0 saturated carbocycles. The van der Waals surface area contributed by atoms with Crippen LogP contribution in [0.3, 0.4) is 0 Å². The Labute approximate surface area is 127 Å². The summed E-state index contributed by atoms with van der Waals surface area (Å²) in [6, 6.07) is 8.25. The smallest absolute Gasteiger partial charge is 0.119 e. The van der Waals surface area contributed by atoms with Gasteiger partial charge in [-0.15, -0.1) is 0 Å². The average Bonchev–Trinajstić information content (AvgIpc) is 2.53. The molecule has 0 amide bonds. The number of hydrogen-bond acceptors (Lipinski definition) is 4. The van der Waals surface area contributed by atoms with Gasteiger partial charge in [-0.3, -0.25) is 0 Å². The van der Waals surface area contributed by atoms with E-state index in [9.17, 15) is 0 Å². The number of benzene rings is 1.